The van der Waals surface area contributed by atoms with E-state index >= 15 is 0 Å². The first kappa shape index (κ1) is 29.8. The van der Waals surface area contributed by atoms with Crippen molar-refractivity contribution < 1.29 is 28.8 Å². The molecule has 1 fully saturated rings. The number of methoxy groups -OCH3 is 2. The number of hydrogen-bond acceptors (Lipinski definition) is 8. The van der Waals surface area contributed by atoms with E-state index in [-0.39, 0.29) is 31.3 Å². The Morgan fingerprint density at radius 1 is 1.00 bits per heavy atom. The first-order valence-electron chi connectivity index (χ1n) is 14.3. The predicted molar refractivity (Wildman–Crippen MR) is 153 cm³/mol. The molecule has 0 bridgehead atoms. The van der Waals surface area contributed by atoms with Crippen molar-refractivity contribution >= 4 is 5.69 Å². The SMILES string of the molecule is CCCc1ccc([C@@H]2[C@@H](OCc3ccc4c(c3)N(CCCOC)CCO4)CNC[C@H]2OCC(O)COC)cc1. The second-order valence-electron chi connectivity index (χ2n) is 10.5. The second kappa shape index (κ2) is 15.6. The van der Waals surface area contributed by atoms with Crippen LogP contribution in [0, 0.1) is 0 Å². The van der Waals surface area contributed by atoms with E-state index in [1.807, 2.05) is 0 Å². The van der Waals surface area contributed by atoms with Gasteiger partial charge in [-0.25, -0.2) is 0 Å². The minimum atomic E-state index is -0.659. The van der Waals surface area contributed by atoms with Gasteiger partial charge in [-0.15, -0.1) is 0 Å². The molecule has 4 rings (SSSR count). The zero-order chi connectivity index (χ0) is 27.5. The number of rotatable bonds is 15. The van der Waals surface area contributed by atoms with Crippen LogP contribution in [-0.4, -0.2) is 90.2 Å². The van der Waals surface area contributed by atoms with E-state index in [0.29, 0.717) is 19.8 Å². The van der Waals surface area contributed by atoms with Crippen LogP contribution < -0.4 is 15.0 Å². The first-order chi connectivity index (χ1) is 19.1. The second-order valence-corrected chi connectivity index (χ2v) is 10.5. The summed E-state index contributed by atoms with van der Waals surface area (Å²) in [5.41, 5.74) is 4.78. The standard InChI is InChI=1S/C31H46N2O6/c1-4-6-23-7-10-25(11-8-23)31-29(18-32-19-30(31)39-22-26(34)21-36-3)38-20-24-9-12-28-27(17-24)33(14-16-37-28)13-5-15-35-2/h7-12,17,26,29-32,34H,4-6,13-16,18-22H2,1-3H3/t26?,29-,30+,31+/m0/s1. The monoisotopic (exact) mass is 542 g/mol. The molecule has 0 amide bonds. The summed E-state index contributed by atoms with van der Waals surface area (Å²) in [4.78, 5) is 2.37. The lowest BCUT2D eigenvalue weighted by Crippen LogP contribution is -2.51. The Morgan fingerprint density at radius 3 is 2.51 bits per heavy atom. The van der Waals surface area contributed by atoms with E-state index in [0.717, 1.165) is 62.5 Å². The maximum absolute atomic E-state index is 10.2. The molecular formula is C31H46N2O6. The van der Waals surface area contributed by atoms with Gasteiger partial charge in [-0.2, -0.15) is 0 Å². The van der Waals surface area contributed by atoms with Gasteiger partial charge < -0.3 is 39.0 Å². The Balaban J connectivity index is 1.48. The number of fused-ring (bicyclic) bond motifs is 1. The normalized spacial score (nSPS) is 21.8. The third-order valence-electron chi connectivity index (χ3n) is 7.48. The number of piperidine rings is 1. The van der Waals surface area contributed by atoms with Crippen LogP contribution in [0.15, 0.2) is 42.5 Å². The van der Waals surface area contributed by atoms with Crippen LogP contribution in [0.3, 0.4) is 0 Å². The lowest BCUT2D eigenvalue weighted by atomic mass is 9.84. The van der Waals surface area contributed by atoms with Crippen LogP contribution in [-0.2, 0) is 32.0 Å². The number of ether oxygens (including phenoxy) is 5. The summed E-state index contributed by atoms with van der Waals surface area (Å²) in [6, 6.07) is 15.2. The van der Waals surface area contributed by atoms with Crippen LogP contribution in [0.2, 0.25) is 0 Å². The number of nitrogens with one attached hydrogen (secondary N) is 1. The topological polar surface area (TPSA) is 81.7 Å². The molecule has 2 aromatic carbocycles. The van der Waals surface area contributed by atoms with E-state index in [2.05, 4.69) is 59.6 Å². The van der Waals surface area contributed by atoms with Gasteiger partial charge >= 0.3 is 0 Å². The van der Waals surface area contributed by atoms with Gasteiger partial charge in [0.05, 0.1) is 44.3 Å². The number of aliphatic hydroxyl groups is 1. The molecule has 2 heterocycles. The van der Waals surface area contributed by atoms with Crippen LogP contribution >= 0.6 is 0 Å². The Bertz CT molecular complexity index is 988. The third kappa shape index (κ3) is 8.39. The zero-order valence-corrected chi connectivity index (χ0v) is 23.8. The largest absolute Gasteiger partial charge is 0.490 e. The van der Waals surface area contributed by atoms with E-state index in [1.165, 1.54) is 11.1 Å². The van der Waals surface area contributed by atoms with Gasteiger partial charge in [0.15, 0.2) is 0 Å². The van der Waals surface area contributed by atoms with Gasteiger partial charge in [0.2, 0.25) is 0 Å². The summed E-state index contributed by atoms with van der Waals surface area (Å²) in [6.07, 6.45) is 2.31. The first-order valence-corrected chi connectivity index (χ1v) is 14.3. The fraction of sp³-hybridized carbons (Fsp3) is 0.613. The molecule has 1 saturated heterocycles. The molecule has 0 saturated carbocycles. The molecule has 0 aromatic heterocycles. The molecule has 0 radical (unpaired) electrons. The summed E-state index contributed by atoms with van der Waals surface area (Å²) in [6.45, 7) is 7.86. The number of benzene rings is 2. The molecule has 4 atom stereocenters. The Hall–Kier alpha value is -2.20. The minimum absolute atomic E-state index is 0.0446. The molecule has 0 aliphatic carbocycles. The van der Waals surface area contributed by atoms with Crippen molar-refractivity contribution in [2.75, 3.05) is 71.7 Å². The van der Waals surface area contributed by atoms with Crippen molar-refractivity contribution in [2.24, 2.45) is 0 Å². The van der Waals surface area contributed by atoms with Crippen molar-refractivity contribution in [3.63, 3.8) is 0 Å². The lowest BCUT2D eigenvalue weighted by molar-refractivity contribution is -0.0856. The fourth-order valence-electron chi connectivity index (χ4n) is 5.53. The zero-order valence-electron chi connectivity index (χ0n) is 23.8. The van der Waals surface area contributed by atoms with Gasteiger partial charge in [-0.1, -0.05) is 43.7 Å². The number of aliphatic hydroxyl groups excluding tert-OH is 1. The minimum Gasteiger partial charge on any atom is -0.490 e. The highest BCUT2D eigenvalue weighted by Gasteiger charge is 2.36. The Labute approximate surface area is 233 Å². The van der Waals surface area contributed by atoms with E-state index in [1.54, 1.807) is 14.2 Å². The van der Waals surface area contributed by atoms with Crippen LogP contribution in [0.5, 0.6) is 5.75 Å². The molecule has 2 N–H and O–H groups in total. The van der Waals surface area contributed by atoms with E-state index < -0.39 is 6.10 Å². The Morgan fingerprint density at radius 2 is 1.77 bits per heavy atom. The molecule has 1 unspecified atom stereocenters. The quantitative estimate of drug-likeness (QED) is 0.331. The van der Waals surface area contributed by atoms with Crippen molar-refractivity contribution in [3.05, 3.63) is 59.2 Å². The summed E-state index contributed by atoms with van der Waals surface area (Å²) < 4.78 is 29.1. The van der Waals surface area contributed by atoms with Crippen LogP contribution in [0.4, 0.5) is 5.69 Å². The number of hydrogen-bond donors (Lipinski definition) is 2. The van der Waals surface area contributed by atoms with Gasteiger partial charge in [0.1, 0.15) is 18.5 Å². The third-order valence-corrected chi connectivity index (χ3v) is 7.48. The van der Waals surface area contributed by atoms with E-state index in [9.17, 15) is 5.11 Å². The van der Waals surface area contributed by atoms with Crippen molar-refractivity contribution in [1.82, 2.24) is 5.32 Å². The van der Waals surface area contributed by atoms with Crippen molar-refractivity contribution in [2.45, 2.75) is 57.0 Å². The maximum Gasteiger partial charge on any atom is 0.142 e. The summed E-state index contributed by atoms with van der Waals surface area (Å²) in [5, 5.41) is 13.7. The average molecular weight is 543 g/mol. The van der Waals surface area contributed by atoms with Gasteiger partial charge in [-0.05, 0) is 41.7 Å². The summed E-state index contributed by atoms with van der Waals surface area (Å²) in [5.74, 6) is 0.970. The molecule has 2 aliphatic heterocycles. The maximum atomic E-state index is 10.2. The van der Waals surface area contributed by atoms with Crippen LogP contribution in [0.25, 0.3) is 0 Å². The molecule has 0 spiro atoms. The van der Waals surface area contributed by atoms with E-state index in [4.69, 9.17) is 23.7 Å². The molecule has 8 nitrogen and oxygen atoms in total. The summed E-state index contributed by atoms with van der Waals surface area (Å²) in [7, 11) is 3.33. The number of aryl methyl sites for hydroxylation is 1. The molecule has 216 valence electrons. The number of anilines is 1. The molecule has 2 aromatic rings. The average Bonchev–Trinajstić information content (AvgIpc) is 2.96. The highest BCUT2D eigenvalue weighted by atomic mass is 16.5. The van der Waals surface area contributed by atoms with Gasteiger partial charge in [0.25, 0.3) is 0 Å². The predicted octanol–water partition coefficient (Wildman–Crippen LogP) is 3.54. The Kier molecular flexibility index (Phi) is 11.9. The fourth-order valence-corrected chi connectivity index (χ4v) is 5.53. The lowest BCUT2D eigenvalue weighted by Gasteiger charge is -2.39. The van der Waals surface area contributed by atoms with Crippen LogP contribution in [0.1, 0.15) is 42.4 Å². The molecular weight excluding hydrogens is 496 g/mol. The summed E-state index contributed by atoms with van der Waals surface area (Å²) >= 11 is 0. The smallest absolute Gasteiger partial charge is 0.142 e. The van der Waals surface area contributed by atoms with Gasteiger partial charge in [-0.3, -0.25) is 0 Å². The molecule has 8 heteroatoms. The van der Waals surface area contributed by atoms with Crippen molar-refractivity contribution in [1.29, 1.82) is 0 Å². The van der Waals surface area contributed by atoms with Gasteiger partial charge in [0, 0.05) is 46.4 Å². The van der Waals surface area contributed by atoms with Crippen molar-refractivity contribution in [3.8, 4) is 5.75 Å². The highest BCUT2D eigenvalue weighted by Crippen LogP contribution is 2.34. The highest BCUT2D eigenvalue weighted by molar-refractivity contribution is 5.61. The molecule has 39 heavy (non-hydrogen) atoms. The molecule has 2 aliphatic rings. The number of nitrogens with zero attached hydrogens (tertiary/aromatic N) is 1.